The van der Waals surface area contributed by atoms with Crippen LogP contribution in [-0.2, 0) is 4.74 Å². The van der Waals surface area contributed by atoms with E-state index < -0.39 is 18.0 Å². The van der Waals surface area contributed by atoms with E-state index in [0.717, 1.165) is 6.07 Å². The molecule has 1 saturated heterocycles. The second kappa shape index (κ2) is 8.01. The summed E-state index contributed by atoms with van der Waals surface area (Å²) < 4.78 is 47.0. The Morgan fingerprint density at radius 3 is 2.36 bits per heavy atom. The third-order valence-electron chi connectivity index (χ3n) is 4.15. The van der Waals surface area contributed by atoms with Crippen LogP contribution in [0.25, 0.3) is 0 Å². The number of carbonyl (C=O) groups is 1. The molecule has 1 aliphatic rings. The van der Waals surface area contributed by atoms with Crippen molar-refractivity contribution in [3.63, 3.8) is 0 Å². The van der Waals surface area contributed by atoms with E-state index in [1.165, 1.54) is 18.2 Å². The zero-order valence-electron chi connectivity index (χ0n) is 15.3. The SMILES string of the molecule is Cc1nc(N2CCOCC2)nc(C)c1NC(=O)c1ccccc1OC(F)(F)F. The Labute approximate surface area is 159 Å². The molecule has 150 valence electrons. The van der Waals surface area contributed by atoms with Gasteiger partial charge in [0.2, 0.25) is 5.95 Å². The van der Waals surface area contributed by atoms with Gasteiger partial charge in [-0.25, -0.2) is 9.97 Å². The van der Waals surface area contributed by atoms with Crippen LogP contribution in [0.15, 0.2) is 24.3 Å². The molecule has 0 unspecified atom stereocenters. The number of nitrogens with zero attached hydrogens (tertiary/aromatic N) is 3. The van der Waals surface area contributed by atoms with Gasteiger partial charge < -0.3 is 19.7 Å². The average Bonchev–Trinajstić information content (AvgIpc) is 2.64. The van der Waals surface area contributed by atoms with Crippen LogP contribution in [-0.4, -0.2) is 48.5 Å². The van der Waals surface area contributed by atoms with Gasteiger partial charge in [-0.3, -0.25) is 4.79 Å². The highest BCUT2D eigenvalue weighted by Crippen LogP contribution is 2.28. The highest BCUT2D eigenvalue weighted by atomic mass is 19.4. The number of carbonyl (C=O) groups excluding carboxylic acids is 1. The van der Waals surface area contributed by atoms with Gasteiger partial charge in [-0.15, -0.1) is 13.2 Å². The fraction of sp³-hybridized carbons (Fsp3) is 0.389. The van der Waals surface area contributed by atoms with Gasteiger partial charge in [0.05, 0.1) is 35.9 Å². The Morgan fingerprint density at radius 2 is 1.75 bits per heavy atom. The number of nitrogens with one attached hydrogen (secondary N) is 1. The second-order valence-electron chi connectivity index (χ2n) is 6.17. The largest absolute Gasteiger partial charge is 0.573 e. The number of halogens is 3. The molecule has 7 nitrogen and oxygen atoms in total. The Bertz CT molecular complexity index is 844. The van der Waals surface area contributed by atoms with Gasteiger partial charge >= 0.3 is 6.36 Å². The minimum Gasteiger partial charge on any atom is -0.405 e. The number of para-hydroxylation sites is 1. The molecular weight excluding hydrogens is 377 g/mol. The first-order chi connectivity index (χ1) is 13.2. The lowest BCUT2D eigenvalue weighted by Gasteiger charge is -2.27. The summed E-state index contributed by atoms with van der Waals surface area (Å²) >= 11 is 0. The molecule has 1 fully saturated rings. The van der Waals surface area contributed by atoms with Crippen LogP contribution in [0.2, 0.25) is 0 Å². The number of alkyl halides is 3. The average molecular weight is 396 g/mol. The van der Waals surface area contributed by atoms with Crippen molar-refractivity contribution in [1.82, 2.24) is 9.97 Å². The summed E-state index contributed by atoms with van der Waals surface area (Å²) in [6, 6.07) is 5.15. The maximum absolute atomic E-state index is 12.6. The van der Waals surface area contributed by atoms with Crippen LogP contribution in [0, 0.1) is 13.8 Å². The number of ether oxygens (including phenoxy) is 2. The second-order valence-corrected chi connectivity index (χ2v) is 6.17. The molecule has 3 rings (SSSR count). The maximum atomic E-state index is 12.6. The number of aromatic nitrogens is 2. The summed E-state index contributed by atoms with van der Waals surface area (Å²) in [4.78, 5) is 23.4. The van der Waals surface area contributed by atoms with Crippen LogP contribution < -0.4 is 15.0 Å². The molecule has 0 radical (unpaired) electrons. The zero-order valence-corrected chi connectivity index (χ0v) is 15.3. The molecule has 0 bridgehead atoms. The summed E-state index contributed by atoms with van der Waals surface area (Å²) in [6.45, 7) is 5.88. The van der Waals surface area contributed by atoms with Crippen molar-refractivity contribution in [1.29, 1.82) is 0 Å². The van der Waals surface area contributed by atoms with Gasteiger partial charge in [0, 0.05) is 13.1 Å². The summed E-state index contributed by atoms with van der Waals surface area (Å²) in [5.41, 5.74) is 1.13. The van der Waals surface area contributed by atoms with Crippen molar-refractivity contribution in [2.75, 3.05) is 36.5 Å². The van der Waals surface area contributed by atoms with Crippen LogP contribution in [0.5, 0.6) is 5.75 Å². The molecule has 0 spiro atoms. The first kappa shape index (κ1) is 19.9. The van der Waals surface area contributed by atoms with E-state index in [9.17, 15) is 18.0 Å². The van der Waals surface area contributed by atoms with Crippen molar-refractivity contribution in [2.24, 2.45) is 0 Å². The number of anilines is 2. The van der Waals surface area contributed by atoms with Gasteiger partial charge in [-0.2, -0.15) is 0 Å². The van der Waals surface area contributed by atoms with Gasteiger partial charge in [0.25, 0.3) is 5.91 Å². The Morgan fingerprint density at radius 1 is 1.14 bits per heavy atom. The van der Waals surface area contributed by atoms with E-state index in [4.69, 9.17) is 4.74 Å². The van der Waals surface area contributed by atoms with Crippen LogP contribution in [0.1, 0.15) is 21.7 Å². The maximum Gasteiger partial charge on any atom is 0.573 e. The van der Waals surface area contributed by atoms with Crippen molar-refractivity contribution in [3.8, 4) is 5.75 Å². The lowest BCUT2D eigenvalue weighted by molar-refractivity contribution is -0.274. The molecular formula is C18H19F3N4O3. The topological polar surface area (TPSA) is 76.6 Å². The molecule has 0 aliphatic carbocycles. The lowest BCUT2D eigenvalue weighted by Crippen LogP contribution is -2.37. The van der Waals surface area contributed by atoms with E-state index >= 15 is 0 Å². The molecule has 2 heterocycles. The summed E-state index contributed by atoms with van der Waals surface area (Å²) in [7, 11) is 0. The number of aryl methyl sites for hydroxylation is 2. The van der Waals surface area contributed by atoms with Gasteiger partial charge in [0.15, 0.2) is 0 Å². The third-order valence-corrected chi connectivity index (χ3v) is 4.15. The highest BCUT2D eigenvalue weighted by Gasteiger charge is 2.33. The highest BCUT2D eigenvalue weighted by molar-refractivity contribution is 6.06. The zero-order chi connectivity index (χ0) is 20.3. The summed E-state index contributed by atoms with van der Waals surface area (Å²) in [5, 5.41) is 2.60. The number of morpholine rings is 1. The van der Waals surface area contributed by atoms with Gasteiger partial charge in [-0.05, 0) is 26.0 Å². The van der Waals surface area contributed by atoms with Crippen LogP contribution in [0.3, 0.4) is 0 Å². The van der Waals surface area contributed by atoms with Gasteiger partial charge in [-0.1, -0.05) is 12.1 Å². The van der Waals surface area contributed by atoms with E-state index in [2.05, 4.69) is 20.0 Å². The summed E-state index contributed by atoms with van der Waals surface area (Å²) in [6.07, 6.45) is -4.90. The molecule has 0 atom stereocenters. The Hall–Kier alpha value is -2.88. The lowest BCUT2D eigenvalue weighted by atomic mass is 10.1. The first-order valence-corrected chi connectivity index (χ1v) is 8.58. The standard InChI is InChI=1S/C18H19F3N4O3/c1-11-15(12(2)23-17(22-11)25-7-9-27-10-8-25)24-16(26)13-5-3-4-6-14(13)28-18(19,20)21/h3-6H,7-10H2,1-2H3,(H,24,26). The molecule has 28 heavy (non-hydrogen) atoms. The van der Waals surface area contributed by atoms with Crippen molar-refractivity contribution >= 4 is 17.5 Å². The van der Waals surface area contributed by atoms with E-state index in [1.54, 1.807) is 13.8 Å². The number of benzene rings is 1. The summed E-state index contributed by atoms with van der Waals surface area (Å²) in [5.74, 6) is -0.792. The molecule has 1 amide bonds. The van der Waals surface area contributed by atoms with E-state index in [1.807, 2.05) is 4.90 Å². The van der Waals surface area contributed by atoms with Crippen molar-refractivity contribution < 1.29 is 27.4 Å². The third kappa shape index (κ3) is 4.69. The first-order valence-electron chi connectivity index (χ1n) is 8.58. The Balaban J connectivity index is 1.83. The molecule has 1 aliphatic heterocycles. The van der Waals surface area contributed by atoms with E-state index in [-0.39, 0.29) is 5.56 Å². The monoisotopic (exact) mass is 396 g/mol. The minimum absolute atomic E-state index is 0.240. The fourth-order valence-corrected chi connectivity index (χ4v) is 2.83. The van der Waals surface area contributed by atoms with E-state index in [0.29, 0.717) is 49.3 Å². The molecule has 0 saturated carbocycles. The predicted octanol–water partition coefficient (Wildman–Crippen LogP) is 3.08. The van der Waals surface area contributed by atoms with Crippen molar-refractivity contribution in [2.45, 2.75) is 20.2 Å². The van der Waals surface area contributed by atoms with Gasteiger partial charge in [0.1, 0.15) is 5.75 Å². The predicted molar refractivity (Wildman–Crippen MR) is 95.6 cm³/mol. The molecule has 2 aromatic rings. The van der Waals surface area contributed by atoms with Crippen LogP contribution in [0.4, 0.5) is 24.8 Å². The number of hydrogen-bond donors (Lipinski definition) is 1. The number of rotatable bonds is 4. The Kier molecular flexibility index (Phi) is 5.68. The number of amides is 1. The molecule has 1 N–H and O–H groups in total. The molecule has 10 heteroatoms. The normalized spacial score (nSPS) is 14.7. The van der Waals surface area contributed by atoms with Crippen LogP contribution >= 0.6 is 0 Å². The smallest absolute Gasteiger partial charge is 0.405 e. The molecule has 1 aromatic carbocycles. The van der Waals surface area contributed by atoms with Crippen molar-refractivity contribution in [3.05, 3.63) is 41.2 Å². The minimum atomic E-state index is -4.90. The quantitative estimate of drug-likeness (QED) is 0.856. The number of hydrogen-bond acceptors (Lipinski definition) is 6. The fourth-order valence-electron chi connectivity index (χ4n) is 2.83. The molecule has 1 aromatic heterocycles.